The molecule has 0 amide bonds. The highest BCUT2D eigenvalue weighted by atomic mass is 19.3. The first-order chi connectivity index (χ1) is 19.3. The largest absolute Gasteiger partial charge is 0.615 e. The van der Waals surface area contributed by atoms with Crippen LogP contribution in [-0.2, 0) is 27.7 Å². The highest BCUT2D eigenvalue weighted by molar-refractivity contribution is 6.66. The number of hydrogen-bond acceptors (Lipinski definition) is 6. The molecule has 0 saturated carbocycles. The lowest BCUT2D eigenvalue weighted by Crippen LogP contribution is -2.54. The molecule has 0 N–H and O–H groups in total. The van der Waals surface area contributed by atoms with Gasteiger partial charge in [-0.3, -0.25) is 0 Å². The van der Waals surface area contributed by atoms with E-state index in [2.05, 4.69) is 0 Å². The molecule has 0 aromatic rings. The van der Waals surface area contributed by atoms with Crippen LogP contribution in [0.4, 0.5) is 52.7 Å². The van der Waals surface area contributed by atoms with Gasteiger partial charge in [-0.15, -0.1) is 0 Å². The van der Waals surface area contributed by atoms with Gasteiger partial charge in [-0.2, -0.15) is 52.7 Å². The van der Waals surface area contributed by atoms with Gasteiger partial charge in [0.1, 0.15) is 0 Å². The van der Waals surface area contributed by atoms with Gasteiger partial charge in [-0.05, 0) is 18.2 Å². The second-order valence-corrected chi connectivity index (χ2v) is 8.95. The predicted molar refractivity (Wildman–Crippen MR) is 120 cm³/mol. The predicted octanol–water partition coefficient (Wildman–Crippen LogP) is 5.35. The monoisotopic (exact) mass is 624 g/mol. The molecule has 3 aliphatic carbocycles. The van der Waals surface area contributed by atoms with Crippen molar-refractivity contribution in [2.45, 2.75) is 35.5 Å². The Morgan fingerprint density at radius 1 is 0.452 bits per heavy atom. The summed E-state index contributed by atoms with van der Waals surface area (Å²) in [5.41, 5.74) is -3.86. The molecule has 1 saturated heterocycles. The summed E-state index contributed by atoms with van der Waals surface area (Å²) in [6, 6.07) is 0. The minimum atomic E-state index is -4.74. The third-order valence-electron chi connectivity index (χ3n) is 6.07. The zero-order chi connectivity index (χ0) is 31.2. The topological polar surface area (TPSA) is 55.4 Å². The highest BCUT2D eigenvalue weighted by Gasteiger charge is 2.61. The third-order valence-corrected chi connectivity index (χ3v) is 6.07. The fourth-order valence-corrected chi connectivity index (χ4v) is 3.62. The van der Waals surface area contributed by atoms with E-state index in [0.29, 0.717) is 36.5 Å². The Balaban J connectivity index is 1.46. The third kappa shape index (κ3) is 6.12. The molecule has 1 heterocycles. The molecule has 228 valence electrons. The second-order valence-electron chi connectivity index (χ2n) is 8.95. The molecule has 0 spiro atoms. The summed E-state index contributed by atoms with van der Waals surface area (Å²) in [5, 5.41) is 0. The van der Waals surface area contributed by atoms with E-state index in [4.69, 9.17) is 27.7 Å². The molecule has 21 heteroatoms. The molecule has 0 atom stereocenters. The van der Waals surface area contributed by atoms with Gasteiger partial charge in [0.2, 0.25) is 0 Å². The molecule has 0 unspecified atom stereocenters. The molecule has 42 heavy (non-hydrogen) atoms. The molecule has 4 aliphatic rings. The summed E-state index contributed by atoms with van der Waals surface area (Å²) in [5.74, 6) is -28.1. The number of alkyl halides is 12. The average Bonchev–Trinajstić information content (AvgIpc) is 2.87. The quantitative estimate of drug-likeness (QED) is 0.255. The van der Waals surface area contributed by atoms with Gasteiger partial charge in [-0.1, -0.05) is 36.5 Å². The normalized spacial score (nSPS) is 26.6. The Morgan fingerprint density at radius 2 is 0.690 bits per heavy atom. The van der Waals surface area contributed by atoms with Crippen LogP contribution in [0, 0.1) is 0 Å². The molecule has 0 aromatic carbocycles. The SMILES string of the molecule is FC1(F)C=CC=C(COB2OB(OCC3=CC=CC(F)(F)C3(F)F)OB(OCC3=CC=CC(F)(F)C3(F)F)O2)C1(F)F. The maximum atomic E-state index is 14.1. The highest BCUT2D eigenvalue weighted by Crippen LogP contribution is 2.45. The van der Waals surface area contributed by atoms with E-state index in [9.17, 15) is 52.7 Å². The van der Waals surface area contributed by atoms with Crippen LogP contribution in [0.3, 0.4) is 0 Å². The Labute approximate surface area is 229 Å². The molecule has 4 rings (SSSR count). The molecular formula is C21H15B3F12O6. The van der Waals surface area contributed by atoms with Crippen LogP contribution in [0.1, 0.15) is 0 Å². The number of rotatable bonds is 9. The van der Waals surface area contributed by atoms with Crippen LogP contribution in [-0.4, -0.2) is 77.3 Å². The Morgan fingerprint density at radius 3 is 0.929 bits per heavy atom. The Bertz CT molecular complexity index is 1080. The first-order valence-corrected chi connectivity index (χ1v) is 11.5. The first-order valence-electron chi connectivity index (χ1n) is 11.5. The average molecular weight is 624 g/mol. The molecular weight excluding hydrogens is 609 g/mol. The summed E-state index contributed by atoms with van der Waals surface area (Å²) < 4.78 is 195. The molecule has 0 aromatic heterocycles. The number of hydrogen-bond donors (Lipinski definition) is 0. The van der Waals surface area contributed by atoms with Crippen molar-refractivity contribution in [2.24, 2.45) is 0 Å². The zero-order valence-electron chi connectivity index (χ0n) is 20.5. The van der Waals surface area contributed by atoms with E-state index in [1.165, 1.54) is 0 Å². The van der Waals surface area contributed by atoms with E-state index in [1.54, 1.807) is 0 Å². The summed E-state index contributed by atoms with van der Waals surface area (Å²) in [6.45, 7) is -3.97. The fourth-order valence-electron chi connectivity index (χ4n) is 3.62. The van der Waals surface area contributed by atoms with Crippen molar-refractivity contribution in [1.29, 1.82) is 0 Å². The van der Waals surface area contributed by atoms with Crippen molar-refractivity contribution in [2.75, 3.05) is 19.8 Å². The lowest BCUT2D eigenvalue weighted by molar-refractivity contribution is -0.159. The van der Waals surface area contributed by atoms with Gasteiger partial charge in [0.15, 0.2) is 0 Å². The smallest absolute Gasteiger partial charge is 0.400 e. The van der Waals surface area contributed by atoms with Crippen LogP contribution in [0.2, 0.25) is 0 Å². The van der Waals surface area contributed by atoms with Crippen LogP contribution < -0.4 is 0 Å². The summed E-state index contributed by atoms with van der Waals surface area (Å²) in [7, 11) is -6.81. The zero-order valence-corrected chi connectivity index (χ0v) is 20.5. The maximum absolute atomic E-state index is 14.1. The first kappa shape index (κ1) is 32.5. The van der Waals surface area contributed by atoms with Crippen LogP contribution in [0.15, 0.2) is 71.4 Å². The summed E-state index contributed by atoms with van der Waals surface area (Å²) >= 11 is 0. The van der Waals surface area contributed by atoms with E-state index in [0.717, 1.165) is 0 Å². The van der Waals surface area contributed by atoms with Gasteiger partial charge in [0.25, 0.3) is 0 Å². The van der Waals surface area contributed by atoms with E-state index in [-0.39, 0.29) is 18.2 Å². The van der Waals surface area contributed by atoms with Crippen molar-refractivity contribution >= 4 is 22.0 Å². The molecule has 0 bridgehead atoms. The summed E-state index contributed by atoms with van der Waals surface area (Å²) in [4.78, 5) is 0. The molecule has 6 nitrogen and oxygen atoms in total. The van der Waals surface area contributed by atoms with Crippen molar-refractivity contribution in [3.05, 3.63) is 71.4 Å². The van der Waals surface area contributed by atoms with Gasteiger partial charge in [0, 0.05) is 16.7 Å². The van der Waals surface area contributed by atoms with Crippen molar-refractivity contribution in [1.82, 2.24) is 0 Å². The summed E-state index contributed by atoms with van der Waals surface area (Å²) in [6.07, 6.45) is 3.32. The molecule has 1 aliphatic heterocycles. The van der Waals surface area contributed by atoms with Gasteiger partial charge in [0.05, 0.1) is 19.8 Å². The van der Waals surface area contributed by atoms with Crippen molar-refractivity contribution in [3.8, 4) is 0 Å². The minimum Gasteiger partial charge on any atom is -0.400 e. The Hall–Kier alpha value is -2.45. The van der Waals surface area contributed by atoms with E-state index < -0.39 is 94.0 Å². The Kier molecular flexibility index (Phi) is 8.69. The van der Waals surface area contributed by atoms with Crippen LogP contribution >= 0.6 is 0 Å². The minimum absolute atomic E-state index is 0.0748. The maximum Gasteiger partial charge on any atom is 0.615 e. The number of allylic oxidation sites excluding steroid dienone is 9. The lowest BCUT2D eigenvalue weighted by atomic mass is 9.93. The lowest BCUT2D eigenvalue weighted by Gasteiger charge is -2.33. The van der Waals surface area contributed by atoms with Gasteiger partial charge in [-0.25, -0.2) is 0 Å². The van der Waals surface area contributed by atoms with Gasteiger partial charge < -0.3 is 27.7 Å². The van der Waals surface area contributed by atoms with Crippen LogP contribution in [0.25, 0.3) is 0 Å². The molecule has 1 fully saturated rings. The van der Waals surface area contributed by atoms with E-state index >= 15 is 0 Å². The van der Waals surface area contributed by atoms with Gasteiger partial charge >= 0.3 is 57.5 Å². The van der Waals surface area contributed by atoms with Crippen molar-refractivity contribution in [3.63, 3.8) is 0 Å². The molecule has 0 radical (unpaired) electrons. The second kappa shape index (κ2) is 11.2. The van der Waals surface area contributed by atoms with Crippen molar-refractivity contribution < 1.29 is 80.4 Å². The standard InChI is InChI=1S/C21H15B3F12O6/c25-16(26)7-1-4-13(19(16,31)32)10-37-22-40-23(38-11-14-5-2-8-17(27,28)20(14,33)34)42-24(41-22)39-12-15-6-3-9-18(29,30)21(15,35)36/h1-9H,10-12H2. The van der Waals surface area contributed by atoms with E-state index in [1.807, 2.05) is 0 Å². The fraction of sp³-hybridized carbons (Fsp3) is 0.429. The van der Waals surface area contributed by atoms with Crippen LogP contribution in [0.5, 0.6) is 0 Å². The number of halogens is 12.